The van der Waals surface area contributed by atoms with Gasteiger partial charge in [-0.25, -0.2) is 0 Å². The molecule has 0 radical (unpaired) electrons. The minimum Gasteiger partial charge on any atom is -0.492 e. The third-order valence-electron chi connectivity index (χ3n) is 4.39. The second-order valence-corrected chi connectivity index (χ2v) is 6.64. The fourth-order valence-electron chi connectivity index (χ4n) is 2.80. The molecule has 2 amide bonds. The molecule has 3 aromatic rings. The fourth-order valence-corrected chi connectivity index (χ4v) is 2.80. The van der Waals surface area contributed by atoms with Crippen molar-refractivity contribution >= 4 is 11.8 Å². The number of carbonyl (C=O) groups excluding carboxylic acids is 2. The van der Waals surface area contributed by atoms with Gasteiger partial charge in [-0.2, -0.15) is 0 Å². The number of ether oxygens (including phenoxy) is 2. The predicted molar refractivity (Wildman–Crippen MR) is 114 cm³/mol. The first kappa shape index (κ1) is 20.9. The minimum atomic E-state index is -0.464. The maximum absolute atomic E-state index is 12.5. The molecule has 0 spiro atoms. The lowest BCUT2D eigenvalue weighted by atomic mass is 10.1. The Kier molecular flexibility index (Phi) is 7.44. The predicted octanol–water partition coefficient (Wildman–Crippen LogP) is 3.46. The summed E-state index contributed by atoms with van der Waals surface area (Å²) >= 11 is 0. The third-order valence-corrected chi connectivity index (χ3v) is 4.39. The van der Waals surface area contributed by atoms with E-state index in [1.807, 2.05) is 55.5 Å². The summed E-state index contributed by atoms with van der Waals surface area (Å²) in [6, 6.07) is 24.3. The molecule has 0 atom stereocenters. The van der Waals surface area contributed by atoms with Gasteiger partial charge in [-0.05, 0) is 36.2 Å². The molecule has 0 aliphatic heterocycles. The number of para-hydroxylation sites is 2. The van der Waals surface area contributed by atoms with Crippen LogP contribution in [0, 0.1) is 6.92 Å². The van der Waals surface area contributed by atoms with Gasteiger partial charge in [0.05, 0.1) is 12.2 Å². The molecule has 0 aromatic heterocycles. The lowest BCUT2D eigenvalue weighted by molar-refractivity contribution is -0.123. The maximum Gasteiger partial charge on any atom is 0.276 e. The molecule has 0 bridgehead atoms. The van der Waals surface area contributed by atoms with Gasteiger partial charge in [0.25, 0.3) is 11.8 Å². The van der Waals surface area contributed by atoms with Gasteiger partial charge in [-0.15, -0.1) is 0 Å². The Morgan fingerprint density at radius 3 is 2.20 bits per heavy atom. The van der Waals surface area contributed by atoms with E-state index in [9.17, 15) is 9.59 Å². The fraction of sp³-hybridized carbons (Fsp3) is 0.167. The molecule has 3 aromatic carbocycles. The first-order valence-corrected chi connectivity index (χ1v) is 9.67. The monoisotopic (exact) mass is 404 g/mol. The van der Waals surface area contributed by atoms with Crippen molar-refractivity contribution in [2.75, 3.05) is 13.2 Å². The second-order valence-electron chi connectivity index (χ2n) is 6.64. The van der Waals surface area contributed by atoms with E-state index in [1.54, 1.807) is 30.3 Å². The van der Waals surface area contributed by atoms with Crippen molar-refractivity contribution in [1.82, 2.24) is 10.9 Å². The van der Waals surface area contributed by atoms with E-state index in [0.29, 0.717) is 23.7 Å². The smallest absolute Gasteiger partial charge is 0.276 e. The molecule has 0 aliphatic carbocycles. The van der Waals surface area contributed by atoms with Crippen LogP contribution in [0.15, 0.2) is 78.9 Å². The van der Waals surface area contributed by atoms with Crippen LogP contribution in [-0.4, -0.2) is 25.0 Å². The number of benzene rings is 3. The van der Waals surface area contributed by atoms with Crippen molar-refractivity contribution in [3.05, 3.63) is 95.6 Å². The summed E-state index contributed by atoms with van der Waals surface area (Å²) in [6.07, 6.45) is 0.726. The Labute approximate surface area is 175 Å². The number of nitrogens with one attached hydrogen (secondary N) is 2. The molecule has 0 fully saturated rings. The van der Waals surface area contributed by atoms with E-state index in [4.69, 9.17) is 9.47 Å². The molecule has 3 rings (SSSR count). The van der Waals surface area contributed by atoms with E-state index in [2.05, 4.69) is 10.9 Å². The van der Waals surface area contributed by atoms with Gasteiger partial charge in [0.2, 0.25) is 0 Å². The Morgan fingerprint density at radius 2 is 1.43 bits per heavy atom. The molecule has 6 nitrogen and oxygen atoms in total. The Balaban J connectivity index is 1.49. The molecule has 0 saturated carbocycles. The summed E-state index contributed by atoms with van der Waals surface area (Å²) in [5.74, 6) is 0.149. The quantitative estimate of drug-likeness (QED) is 0.564. The molecule has 2 N–H and O–H groups in total. The summed E-state index contributed by atoms with van der Waals surface area (Å²) < 4.78 is 11.3. The largest absolute Gasteiger partial charge is 0.492 e. The van der Waals surface area contributed by atoms with E-state index in [-0.39, 0.29) is 6.61 Å². The Bertz CT molecular complexity index is 989. The van der Waals surface area contributed by atoms with Gasteiger partial charge >= 0.3 is 0 Å². The molecule has 6 heteroatoms. The number of hydrogen-bond acceptors (Lipinski definition) is 4. The summed E-state index contributed by atoms with van der Waals surface area (Å²) in [4.78, 5) is 24.5. The number of rotatable bonds is 8. The first-order valence-electron chi connectivity index (χ1n) is 9.67. The van der Waals surface area contributed by atoms with Crippen LogP contribution in [0.5, 0.6) is 11.5 Å². The van der Waals surface area contributed by atoms with Gasteiger partial charge in [-0.1, -0.05) is 60.7 Å². The summed E-state index contributed by atoms with van der Waals surface area (Å²) in [5, 5.41) is 0. The minimum absolute atomic E-state index is 0.208. The van der Waals surface area contributed by atoms with Crippen molar-refractivity contribution in [2.45, 2.75) is 13.3 Å². The highest BCUT2D eigenvalue weighted by molar-refractivity contribution is 5.97. The van der Waals surface area contributed by atoms with Crippen LogP contribution in [0.2, 0.25) is 0 Å². The van der Waals surface area contributed by atoms with E-state index in [0.717, 1.165) is 17.5 Å². The normalized spacial score (nSPS) is 10.2. The number of carbonyl (C=O) groups is 2. The lowest BCUT2D eigenvalue weighted by Crippen LogP contribution is -2.44. The maximum atomic E-state index is 12.5. The highest BCUT2D eigenvalue weighted by atomic mass is 16.5. The van der Waals surface area contributed by atoms with Crippen LogP contribution in [-0.2, 0) is 11.2 Å². The zero-order valence-corrected chi connectivity index (χ0v) is 16.8. The van der Waals surface area contributed by atoms with Crippen molar-refractivity contribution < 1.29 is 19.1 Å². The molecular formula is C24H24N2O4. The molecular weight excluding hydrogens is 380 g/mol. The number of amides is 2. The van der Waals surface area contributed by atoms with Gasteiger partial charge < -0.3 is 9.47 Å². The van der Waals surface area contributed by atoms with Crippen LogP contribution in [0.1, 0.15) is 21.5 Å². The number of aryl methyl sites for hydroxylation is 1. The molecule has 0 saturated heterocycles. The Hall–Kier alpha value is -3.80. The number of hydrazine groups is 1. The van der Waals surface area contributed by atoms with Crippen LogP contribution in [0.4, 0.5) is 0 Å². The average molecular weight is 404 g/mol. The van der Waals surface area contributed by atoms with Crippen LogP contribution in [0.25, 0.3) is 0 Å². The standard InChI is InChI=1S/C24H24N2O4/c1-18-9-5-7-13-21(18)30-17-23(27)25-26-24(28)20-12-6-8-14-22(20)29-16-15-19-10-3-2-4-11-19/h2-14H,15-17H2,1H3,(H,25,27)(H,26,28). The highest BCUT2D eigenvalue weighted by Gasteiger charge is 2.13. The SMILES string of the molecule is Cc1ccccc1OCC(=O)NNC(=O)c1ccccc1OCCc1ccccc1. The van der Waals surface area contributed by atoms with Gasteiger partial charge in [0.1, 0.15) is 11.5 Å². The Morgan fingerprint density at radius 1 is 0.767 bits per heavy atom. The third kappa shape index (κ3) is 6.10. The van der Waals surface area contributed by atoms with E-state index in [1.165, 1.54) is 0 Å². The molecule has 0 aliphatic rings. The van der Waals surface area contributed by atoms with Crippen molar-refractivity contribution in [2.24, 2.45) is 0 Å². The van der Waals surface area contributed by atoms with Crippen LogP contribution >= 0.6 is 0 Å². The topological polar surface area (TPSA) is 76.7 Å². The average Bonchev–Trinajstić information content (AvgIpc) is 2.78. The lowest BCUT2D eigenvalue weighted by Gasteiger charge is -2.13. The zero-order chi connectivity index (χ0) is 21.2. The molecule has 154 valence electrons. The highest BCUT2D eigenvalue weighted by Crippen LogP contribution is 2.18. The van der Waals surface area contributed by atoms with Crippen molar-refractivity contribution in [1.29, 1.82) is 0 Å². The van der Waals surface area contributed by atoms with Crippen LogP contribution in [0.3, 0.4) is 0 Å². The van der Waals surface area contributed by atoms with E-state index >= 15 is 0 Å². The van der Waals surface area contributed by atoms with E-state index < -0.39 is 11.8 Å². The summed E-state index contributed by atoms with van der Waals surface area (Å²) in [7, 11) is 0. The zero-order valence-electron chi connectivity index (χ0n) is 16.8. The van der Waals surface area contributed by atoms with Crippen molar-refractivity contribution in [3.8, 4) is 11.5 Å². The van der Waals surface area contributed by atoms with Gasteiger partial charge in [0, 0.05) is 6.42 Å². The molecule has 30 heavy (non-hydrogen) atoms. The summed E-state index contributed by atoms with van der Waals surface area (Å²) in [6.45, 7) is 2.12. The van der Waals surface area contributed by atoms with Crippen molar-refractivity contribution in [3.63, 3.8) is 0 Å². The second kappa shape index (κ2) is 10.7. The first-order chi connectivity index (χ1) is 14.6. The van der Waals surface area contributed by atoms with Gasteiger partial charge in [0.15, 0.2) is 6.61 Å². The molecule has 0 heterocycles. The summed E-state index contributed by atoms with van der Waals surface area (Å²) in [5.41, 5.74) is 7.18. The number of hydrogen-bond donors (Lipinski definition) is 2. The van der Waals surface area contributed by atoms with Gasteiger partial charge in [-0.3, -0.25) is 20.4 Å². The molecule has 0 unspecified atom stereocenters. The van der Waals surface area contributed by atoms with Crippen LogP contribution < -0.4 is 20.3 Å².